The average molecular weight is 404 g/mol. The maximum absolute atomic E-state index is 11.9. The molecule has 1 amide bonds. The van der Waals surface area contributed by atoms with Gasteiger partial charge in [0.05, 0.1) is 0 Å². The summed E-state index contributed by atoms with van der Waals surface area (Å²) in [7, 11) is 0. The first-order valence-electron chi connectivity index (χ1n) is 10.4. The molecule has 2 fully saturated rings. The third-order valence-electron chi connectivity index (χ3n) is 5.58. The minimum atomic E-state index is -0.963. The Hall–Kier alpha value is -2.31. The van der Waals surface area contributed by atoms with Crippen LogP contribution in [0.5, 0.6) is 0 Å². The van der Waals surface area contributed by atoms with E-state index in [0.717, 1.165) is 37.8 Å². The zero-order valence-corrected chi connectivity index (χ0v) is 18.0. The van der Waals surface area contributed by atoms with Crippen molar-refractivity contribution < 1.29 is 19.4 Å². The first kappa shape index (κ1) is 21.4. The maximum Gasteiger partial charge on any atom is 0.407 e. The van der Waals surface area contributed by atoms with E-state index in [9.17, 15) is 14.7 Å². The Balaban J connectivity index is 1.51. The van der Waals surface area contributed by atoms with Crippen molar-refractivity contribution in [3.05, 3.63) is 23.4 Å². The molecule has 7 nitrogen and oxygen atoms in total. The number of carboxylic acid groups (broad SMARTS) is 1. The number of carbonyl (C=O) groups excluding carboxylic acids is 1. The van der Waals surface area contributed by atoms with Gasteiger partial charge in [-0.2, -0.15) is 0 Å². The Kier molecular flexibility index (Phi) is 5.79. The second-order valence-electron chi connectivity index (χ2n) is 10.1. The molecule has 2 aliphatic rings. The standard InChI is InChI=1S/C22H33N3O4/c1-13(2)8-14-6-7-17(19(26)27)18(23-14)24-15-9-22(10-15)11-16(12-22)25-20(28)29-21(3,4)5/h6-7,13,15-16H,8-12H2,1-5H3,(H,23,24)(H,25,28)(H,26,27). The fourth-order valence-electron chi connectivity index (χ4n) is 4.49. The van der Waals surface area contributed by atoms with Gasteiger partial charge >= 0.3 is 12.1 Å². The lowest BCUT2D eigenvalue weighted by Crippen LogP contribution is -2.59. The number of hydrogen-bond acceptors (Lipinski definition) is 5. The van der Waals surface area contributed by atoms with Crippen molar-refractivity contribution in [3.63, 3.8) is 0 Å². The zero-order valence-electron chi connectivity index (χ0n) is 18.0. The number of alkyl carbamates (subject to hydrolysis) is 1. The molecule has 3 N–H and O–H groups in total. The van der Waals surface area contributed by atoms with Gasteiger partial charge in [0, 0.05) is 17.8 Å². The fourth-order valence-corrected chi connectivity index (χ4v) is 4.49. The molecule has 0 saturated heterocycles. The molecule has 2 aliphatic carbocycles. The zero-order chi connectivity index (χ0) is 21.4. The van der Waals surface area contributed by atoms with E-state index in [-0.39, 0.29) is 29.2 Å². The predicted octanol–water partition coefficient (Wildman–Crippen LogP) is 4.23. The van der Waals surface area contributed by atoms with Crippen molar-refractivity contribution in [2.75, 3.05) is 5.32 Å². The molecule has 0 unspecified atom stereocenters. The van der Waals surface area contributed by atoms with Gasteiger partial charge in [-0.1, -0.05) is 13.8 Å². The maximum atomic E-state index is 11.9. The van der Waals surface area contributed by atoms with Gasteiger partial charge in [0.2, 0.25) is 0 Å². The van der Waals surface area contributed by atoms with Gasteiger partial charge in [-0.15, -0.1) is 0 Å². The smallest absolute Gasteiger partial charge is 0.407 e. The molecule has 7 heteroatoms. The lowest BCUT2D eigenvalue weighted by molar-refractivity contribution is -0.0179. The number of carboxylic acids is 1. The summed E-state index contributed by atoms with van der Waals surface area (Å²) < 4.78 is 5.31. The topological polar surface area (TPSA) is 101 Å². The molecule has 160 valence electrons. The average Bonchev–Trinajstić information content (AvgIpc) is 2.48. The van der Waals surface area contributed by atoms with E-state index in [1.165, 1.54) is 0 Å². The van der Waals surface area contributed by atoms with Crippen molar-refractivity contribution >= 4 is 17.9 Å². The van der Waals surface area contributed by atoms with E-state index in [2.05, 4.69) is 29.5 Å². The van der Waals surface area contributed by atoms with Crippen molar-refractivity contribution in [1.29, 1.82) is 0 Å². The molecule has 0 radical (unpaired) electrons. The summed E-state index contributed by atoms with van der Waals surface area (Å²) >= 11 is 0. The highest BCUT2D eigenvalue weighted by atomic mass is 16.6. The summed E-state index contributed by atoms with van der Waals surface area (Å²) in [6.07, 6.45) is 4.28. The monoisotopic (exact) mass is 403 g/mol. The molecule has 1 spiro atoms. The fraction of sp³-hybridized carbons (Fsp3) is 0.682. The highest BCUT2D eigenvalue weighted by Gasteiger charge is 2.53. The molecular weight excluding hydrogens is 370 g/mol. The van der Waals surface area contributed by atoms with E-state index < -0.39 is 11.6 Å². The number of ether oxygens (including phenoxy) is 1. The van der Waals surface area contributed by atoms with Crippen LogP contribution in [0.2, 0.25) is 0 Å². The van der Waals surface area contributed by atoms with E-state index >= 15 is 0 Å². The summed E-state index contributed by atoms with van der Waals surface area (Å²) in [5, 5.41) is 15.8. The molecule has 29 heavy (non-hydrogen) atoms. The first-order chi connectivity index (χ1) is 13.4. The van der Waals surface area contributed by atoms with E-state index in [4.69, 9.17) is 4.74 Å². The molecule has 1 aromatic heterocycles. The molecular formula is C22H33N3O4. The highest BCUT2D eigenvalue weighted by Crippen LogP contribution is 2.56. The van der Waals surface area contributed by atoms with Gasteiger partial charge in [-0.3, -0.25) is 0 Å². The molecule has 1 aromatic rings. The number of nitrogens with one attached hydrogen (secondary N) is 2. The minimum Gasteiger partial charge on any atom is -0.478 e. The van der Waals surface area contributed by atoms with Crippen LogP contribution >= 0.6 is 0 Å². The van der Waals surface area contributed by atoms with Crippen LogP contribution in [0.25, 0.3) is 0 Å². The van der Waals surface area contributed by atoms with Gasteiger partial charge < -0.3 is 20.5 Å². The van der Waals surface area contributed by atoms with Crippen LogP contribution in [0.1, 0.15) is 76.4 Å². The number of amides is 1. The quantitative estimate of drug-likeness (QED) is 0.657. The summed E-state index contributed by atoms with van der Waals surface area (Å²) in [5.74, 6) is -0.0314. The van der Waals surface area contributed by atoms with E-state index in [1.54, 1.807) is 12.1 Å². The van der Waals surface area contributed by atoms with Crippen LogP contribution in [0.3, 0.4) is 0 Å². The SMILES string of the molecule is CC(C)Cc1ccc(C(=O)O)c(NC2CC3(CC(NC(=O)OC(C)(C)C)C3)C2)n1. The molecule has 0 aliphatic heterocycles. The Morgan fingerprint density at radius 2 is 1.83 bits per heavy atom. The molecule has 0 atom stereocenters. The number of nitrogens with zero attached hydrogens (tertiary/aromatic N) is 1. The molecule has 1 heterocycles. The van der Waals surface area contributed by atoms with Crippen LogP contribution in [0, 0.1) is 11.3 Å². The van der Waals surface area contributed by atoms with E-state index in [1.807, 2.05) is 20.8 Å². The number of pyridine rings is 1. The first-order valence-corrected chi connectivity index (χ1v) is 10.4. The van der Waals surface area contributed by atoms with Crippen molar-refractivity contribution in [2.45, 2.75) is 84.4 Å². The molecule has 2 saturated carbocycles. The molecule has 0 aromatic carbocycles. The predicted molar refractivity (Wildman–Crippen MR) is 111 cm³/mol. The third-order valence-corrected chi connectivity index (χ3v) is 5.58. The Morgan fingerprint density at radius 3 is 2.38 bits per heavy atom. The van der Waals surface area contributed by atoms with Crippen molar-refractivity contribution in [3.8, 4) is 0 Å². The number of rotatable bonds is 6. The van der Waals surface area contributed by atoms with Crippen LogP contribution in [-0.2, 0) is 11.2 Å². The number of aromatic nitrogens is 1. The summed E-state index contributed by atoms with van der Waals surface area (Å²) in [4.78, 5) is 28.0. The summed E-state index contributed by atoms with van der Waals surface area (Å²) in [6.45, 7) is 9.80. The largest absolute Gasteiger partial charge is 0.478 e. The van der Waals surface area contributed by atoms with Crippen LogP contribution in [0.15, 0.2) is 12.1 Å². The van der Waals surface area contributed by atoms with Crippen LogP contribution < -0.4 is 10.6 Å². The number of anilines is 1. The molecule has 3 rings (SSSR count). The Morgan fingerprint density at radius 1 is 1.21 bits per heavy atom. The van der Waals surface area contributed by atoms with Gasteiger partial charge in [0.1, 0.15) is 17.0 Å². The second kappa shape index (κ2) is 7.84. The van der Waals surface area contributed by atoms with Crippen LogP contribution in [0.4, 0.5) is 10.6 Å². The lowest BCUT2D eigenvalue weighted by atomic mass is 9.52. The highest BCUT2D eigenvalue weighted by molar-refractivity contribution is 5.93. The van der Waals surface area contributed by atoms with E-state index in [0.29, 0.717) is 11.7 Å². The summed E-state index contributed by atoms with van der Waals surface area (Å²) in [5.41, 5.74) is 0.884. The van der Waals surface area contributed by atoms with Crippen LogP contribution in [-0.4, -0.2) is 39.8 Å². The minimum absolute atomic E-state index is 0.160. The van der Waals surface area contributed by atoms with Crippen molar-refractivity contribution in [1.82, 2.24) is 10.3 Å². The number of hydrogen-bond donors (Lipinski definition) is 3. The van der Waals surface area contributed by atoms with Gasteiger partial charge in [-0.05, 0) is 76.3 Å². The number of carbonyl (C=O) groups is 2. The third kappa shape index (κ3) is 5.40. The normalized spacial score (nSPS) is 25.9. The van der Waals surface area contributed by atoms with Crippen molar-refractivity contribution in [2.24, 2.45) is 11.3 Å². The molecule has 0 bridgehead atoms. The van der Waals surface area contributed by atoms with Gasteiger partial charge in [-0.25, -0.2) is 14.6 Å². The summed E-state index contributed by atoms with van der Waals surface area (Å²) in [6, 6.07) is 3.83. The Labute approximate surface area is 172 Å². The number of aromatic carboxylic acids is 1. The Bertz CT molecular complexity index is 771. The lowest BCUT2D eigenvalue weighted by Gasteiger charge is -2.57. The second-order valence-corrected chi connectivity index (χ2v) is 10.1. The van der Waals surface area contributed by atoms with Gasteiger partial charge in [0.15, 0.2) is 0 Å². The van der Waals surface area contributed by atoms with Gasteiger partial charge in [0.25, 0.3) is 0 Å².